The zero-order valence-corrected chi connectivity index (χ0v) is 8.01. The number of carbonyl (C=O) groups excluding carboxylic acids is 2. The molecule has 0 saturated carbocycles. The van der Waals surface area contributed by atoms with Crippen molar-refractivity contribution in [2.75, 3.05) is 6.54 Å². The highest BCUT2D eigenvalue weighted by atomic mass is 16.2. The molecule has 0 aliphatic heterocycles. The molecule has 0 aliphatic carbocycles. The van der Waals surface area contributed by atoms with Crippen LogP contribution in [0.2, 0.25) is 0 Å². The molecular weight excluding hydrogens is 168 g/mol. The smallest absolute Gasteiger partial charge is 0.236 e. The number of nitrogens with one attached hydrogen (secondary N) is 1. The fourth-order valence-electron chi connectivity index (χ4n) is 0.872. The third-order valence-corrected chi connectivity index (χ3v) is 1.67. The lowest BCUT2D eigenvalue weighted by Crippen LogP contribution is -2.38. The van der Waals surface area contributed by atoms with Gasteiger partial charge in [0.2, 0.25) is 5.91 Å². The summed E-state index contributed by atoms with van der Waals surface area (Å²) in [7, 11) is 0. The maximum absolute atomic E-state index is 10.9. The quantitative estimate of drug-likeness (QED) is 0.553. The number of carbonyl (C=O) groups is 1. The highest BCUT2D eigenvalue weighted by molar-refractivity contribution is 5.80. The SMILES string of the molecule is C[C@H](N)C(=O)NCCCCC[C]=O. The molecule has 13 heavy (non-hydrogen) atoms. The summed E-state index contributed by atoms with van der Waals surface area (Å²) in [6, 6.07) is -0.441. The Bertz CT molecular complexity index is 158. The van der Waals surface area contributed by atoms with Gasteiger partial charge in [-0.3, -0.25) is 9.59 Å². The lowest BCUT2D eigenvalue weighted by atomic mass is 10.2. The molecular formula is C9H17N2O2. The van der Waals surface area contributed by atoms with Crippen molar-refractivity contribution in [1.29, 1.82) is 0 Å². The van der Waals surface area contributed by atoms with Crippen LogP contribution in [-0.2, 0) is 9.59 Å². The molecule has 1 radical (unpaired) electrons. The van der Waals surface area contributed by atoms with Crippen LogP contribution in [0.3, 0.4) is 0 Å². The van der Waals surface area contributed by atoms with Crippen LogP contribution >= 0.6 is 0 Å². The van der Waals surface area contributed by atoms with Crippen LogP contribution in [0.15, 0.2) is 0 Å². The molecule has 75 valence electrons. The topological polar surface area (TPSA) is 72.2 Å². The van der Waals surface area contributed by atoms with Crippen LogP contribution in [0.4, 0.5) is 0 Å². The van der Waals surface area contributed by atoms with E-state index < -0.39 is 6.04 Å². The maximum Gasteiger partial charge on any atom is 0.236 e. The normalized spacial score (nSPS) is 12.2. The molecule has 0 unspecified atom stereocenters. The second kappa shape index (κ2) is 7.73. The Morgan fingerprint density at radius 2 is 2.15 bits per heavy atom. The van der Waals surface area contributed by atoms with Gasteiger partial charge in [-0.25, -0.2) is 0 Å². The van der Waals surface area contributed by atoms with Gasteiger partial charge >= 0.3 is 0 Å². The van der Waals surface area contributed by atoms with Crippen molar-refractivity contribution in [1.82, 2.24) is 5.32 Å². The van der Waals surface area contributed by atoms with E-state index in [1.807, 2.05) is 6.29 Å². The zero-order valence-electron chi connectivity index (χ0n) is 8.01. The Balaban J connectivity index is 3.16. The summed E-state index contributed by atoms with van der Waals surface area (Å²) in [5.41, 5.74) is 5.33. The predicted octanol–water partition coefficient (Wildman–Crippen LogP) is 0.120. The average Bonchev–Trinajstić information content (AvgIpc) is 2.10. The van der Waals surface area contributed by atoms with Crippen molar-refractivity contribution in [3.63, 3.8) is 0 Å². The molecule has 0 heterocycles. The van der Waals surface area contributed by atoms with Gasteiger partial charge in [0.1, 0.15) is 0 Å². The van der Waals surface area contributed by atoms with Crippen LogP contribution in [-0.4, -0.2) is 24.8 Å². The van der Waals surface area contributed by atoms with E-state index in [4.69, 9.17) is 5.73 Å². The Labute approximate surface area is 78.9 Å². The summed E-state index contributed by atoms with van der Waals surface area (Å²) < 4.78 is 0. The van der Waals surface area contributed by atoms with Crippen molar-refractivity contribution in [2.45, 2.75) is 38.6 Å². The van der Waals surface area contributed by atoms with Gasteiger partial charge in [0, 0.05) is 13.0 Å². The van der Waals surface area contributed by atoms with E-state index in [2.05, 4.69) is 5.32 Å². The first kappa shape index (κ1) is 12.1. The minimum absolute atomic E-state index is 0.123. The highest BCUT2D eigenvalue weighted by Gasteiger charge is 2.04. The Kier molecular flexibility index (Phi) is 7.20. The first-order chi connectivity index (χ1) is 6.18. The van der Waals surface area contributed by atoms with Crippen LogP contribution in [0.25, 0.3) is 0 Å². The molecule has 0 rings (SSSR count). The minimum atomic E-state index is -0.441. The van der Waals surface area contributed by atoms with Crippen LogP contribution in [0, 0.1) is 0 Å². The van der Waals surface area contributed by atoms with Gasteiger partial charge < -0.3 is 11.1 Å². The maximum atomic E-state index is 10.9. The fraction of sp³-hybridized carbons (Fsp3) is 0.778. The summed E-state index contributed by atoms with van der Waals surface area (Å²) in [6.45, 7) is 2.29. The Morgan fingerprint density at radius 3 is 2.69 bits per heavy atom. The summed E-state index contributed by atoms with van der Waals surface area (Å²) in [5, 5.41) is 2.70. The van der Waals surface area contributed by atoms with E-state index in [9.17, 15) is 9.59 Å². The van der Waals surface area contributed by atoms with E-state index >= 15 is 0 Å². The lowest BCUT2D eigenvalue weighted by molar-refractivity contribution is -0.121. The molecule has 4 nitrogen and oxygen atoms in total. The molecule has 0 bridgehead atoms. The Hall–Kier alpha value is -0.900. The molecule has 0 aromatic heterocycles. The fourth-order valence-corrected chi connectivity index (χ4v) is 0.872. The number of nitrogens with two attached hydrogens (primary N) is 1. The van der Waals surface area contributed by atoms with Crippen LogP contribution < -0.4 is 11.1 Å². The van der Waals surface area contributed by atoms with E-state index in [-0.39, 0.29) is 5.91 Å². The van der Waals surface area contributed by atoms with Crippen molar-refractivity contribution in [3.05, 3.63) is 0 Å². The zero-order chi connectivity index (χ0) is 10.1. The molecule has 1 atom stereocenters. The molecule has 0 aromatic rings. The average molecular weight is 185 g/mol. The third kappa shape index (κ3) is 7.46. The Morgan fingerprint density at radius 1 is 1.46 bits per heavy atom. The number of rotatable bonds is 7. The van der Waals surface area contributed by atoms with Crippen molar-refractivity contribution in [2.24, 2.45) is 5.73 Å². The van der Waals surface area contributed by atoms with Gasteiger partial charge in [-0.05, 0) is 19.8 Å². The van der Waals surface area contributed by atoms with Gasteiger partial charge in [0.15, 0.2) is 6.29 Å². The van der Waals surface area contributed by atoms with E-state index in [0.29, 0.717) is 13.0 Å². The predicted molar refractivity (Wildman–Crippen MR) is 50.8 cm³/mol. The van der Waals surface area contributed by atoms with Crippen molar-refractivity contribution >= 4 is 12.2 Å². The highest BCUT2D eigenvalue weighted by Crippen LogP contribution is 1.96. The van der Waals surface area contributed by atoms with Crippen LogP contribution in [0.1, 0.15) is 32.6 Å². The van der Waals surface area contributed by atoms with Gasteiger partial charge in [0.25, 0.3) is 0 Å². The van der Waals surface area contributed by atoms with Gasteiger partial charge in [-0.2, -0.15) is 0 Å². The second-order valence-corrected chi connectivity index (χ2v) is 3.03. The monoisotopic (exact) mass is 185 g/mol. The molecule has 0 fully saturated rings. The number of hydrogen-bond acceptors (Lipinski definition) is 3. The molecule has 0 saturated heterocycles. The van der Waals surface area contributed by atoms with E-state index in [0.717, 1.165) is 19.3 Å². The molecule has 0 spiro atoms. The van der Waals surface area contributed by atoms with Gasteiger partial charge in [0.05, 0.1) is 6.04 Å². The van der Waals surface area contributed by atoms with E-state index in [1.165, 1.54) is 0 Å². The van der Waals surface area contributed by atoms with E-state index in [1.54, 1.807) is 6.92 Å². The first-order valence-corrected chi connectivity index (χ1v) is 4.56. The lowest BCUT2D eigenvalue weighted by Gasteiger charge is -2.06. The summed E-state index contributed by atoms with van der Waals surface area (Å²) in [5.74, 6) is -0.123. The number of amides is 1. The standard InChI is InChI=1S/C9H17N2O2/c1-8(10)9(13)11-6-4-2-3-5-7-12/h8H,2-6,10H2,1H3,(H,11,13)/t8-/m0/s1. The number of unbranched alkanes of at least 4 members (excludes halogenated alkanes) is 3. The third-order valence-electron chi connectivity index (χ3n) is 1.67. The second-order valence-electron chi connectivity index (χ2n) is 3.03. The first-order valence-electron chi connectivity index (χ1n) is 4.56. The number of hydrogen-bond donors (Lipinski definition) is 2. The molecule has 4 heteroatoms. The van der Waals surface area contributed by atoms with Gasteiger partial charge in [-0.1, -0.05) is 6.42 Å². The molecule has 0 aromatic carbocycles. The largest absolute Gasteiger partial charge is 0.355 e. The summed E-state index contributed by atoms with van der Waals surface area (Å²) in [4.78, 5) is 20.8. The molecule has 1 amide bonds. The molecule has 3 N–H and O–H groups in total. The summed E-state index contributed by atoms with van der Waals surface area (Å²) >= 11 is 0. The summed E-state index contributed by atoms with van der Waals surface area (Å²) in [6.07, 6.45) is 4.99. The van der Waals surface area contributed by atoms with Gasteiger partial charge in [-0.15, -0.1) is 0 Å². The van der Waals surface area contributed by atoms with Crippen molar-refractivity contribution < 1.29 is 9.59 Å². The van der Waals surface area contributed by atoms with Crippen molar-refractivity contribution in [3.8, 4) is 0 Å². The van der Waals surface area contributed by atoms with Crippen LogP contribution in [0.5, 0.6) is 0 Å². The minimum Gasteiger partial charge on any atom is -0.355 e. The molecule has 0 aliphatic rings.